The van der Waals surface area contributed by atoms with Crippen molar-refractivity contribution in [2.45, 2.75) is 64.3 Å². The number of primary amides is 1. The molecule has 1 aliphatic rings. The van der Waals surface area contributed by atoms with E-state index in [9.17, 15) is 4.79 Å². The molecular formula is C15H26N2O2. The number of nitrogens with zero attached hydrogens (tertiary/aromatic N) is 1. The van der Waals surface area contributed by atoms with E-state index in [-0.39, 0.29) is 0 Å². The largest absolute Gasteiger partial charge is 0.449 e. The molecule has 1 atom stereocenters. The first kappa shape index (κ1) is 15.7. The molecule has 4 nitrogen and oxygen atoms in total. The number of nitrogens with two attached hydrogens (primary N) is 1. The minimum absolute atomic E-state index is 0.388. The number of unbranched alkanes of at least 4 members (excludes halogenated alkanes) is 2. The number of carbonyl (C=O) groups excluding carboxylic acids is 1. The van der Waals surface area contributed by atoms with E-state index in [1.165, 1.54) is 31.3 Å². The Balaban J connectivity index is 2.34. The molecule has 108 valence electrons. The second-order valence-corrected chi connectivity index (χ2v) is 5.04. The Kier molecular flexibility index (Phi) is 7.94. The zero-order chi connectivity index (χ0) is 13.9. The number of hydrogen-bond acceptors (Lipinski definition) is 3. The first-order valence-electron chi connectivity index (χ1n) is 7.34. The van der Waals surface area contributed by atoms with E-state index in [1.54, 1.807) is 0 Å². The van der Waals surface area contributed by atoms with E-state index in [0.717, 1.165) is 25.7 Å². The van der Waals surface area contributed by atoms with Gasteiger partial charge in [-0.05, 0) is 31.9 Å². The Labute approximate surface area is 116 Å². The van der Waals surface area contributed by atoms with Crippen LogP contribution >= 0.6 is 0 Å². The summed E-state index contributed by atoms with van der Waals surface area (Å²) in [4.78, 5) is 15.1. The Bertz CT molecular complexity index is 324. The van der Waals surface area contributed by atoms with Crippen molar-refractivity contribution < 1.29 is 9.53 Å². The average molecular weight is 266 g/mol. The number of hydrogen-bond donors (Lipinski definition) is 1. The molecule has 0 radical (unpaired) electrons. The van der Waals surface area contributed by atoms with Crippen LogP contribution < -0.4 is 5.73 Å². The van der Waals surface area contributed by atoms with Crippen molar-refractivity contribution in [1.82, 2.24) is 0 Å². The molecule has 1 unspecified atom stereocenters. The fourth-order valence-corrected chi connectivity index (χ4v) is 2.27. The summed E-state index contributed by atoms with van der Waals surface area (Å²) in [6.07, 6.45) is 12.4. The standard InChI is InChI=1S/C15H26N2O2/c1-2-3-4-7-14-9-8-13(6-5-11-17-14)10-12-19-15(16)18/h8,11,14H,2-7,9-10,12H2,1H3,(H2,16,18)/b13-8+,17-11?. The van der Waals surface area contributed by atoms with E-state index in [4.69, 9.17) is 10.5 Å². The van der Waals surface area contributed by atoms with Gasteiger partial charge in [-0.3, -0.25) is 4.99 Å². The van der Waals surface area contributed by atoms with Gasteiger partial charge < -0.3 is 10.5 Å². The third kappa shape index (κ3) is 7.65. The highest BCUT2D eigenvalue weighted by Crippen LogP contribution is 2.18. The van der Waals surface area contributed by atoms with Gasteiger partial charge in [-0.1, -0.05) is 37.8 Å². The van der Waals surface area contributed by atoms with Crippen LogP contribution in [0.2, 0.25) is 0 Å². The van der Waals surface area contributed by atoms with Gasteiger partial charge in [-0.25, -0.2) is 4.79 Å². The molecule has 0 bridgehead atoms. The number of amides is 1. The highest BCUT2D eigenvalue weighted by Gasteiger charge is 2.08. The maximum Gasteiger partial charge on any atom is 0.404 e. The normalized spacial score (nSPS) is 22.2. The summed E-state index contributed by atoms with van der Waals surface area (Å²) < 4.78 is 4.79. The minimum atomic E-state index is -0.689. The van der Waals surface area contributed by atoms with Crippen LogP contribution in [0.4, 0.5) is 4.79 Å². The van der Waals surface area contributed by atoms with E-state index >= 15 is 0 Å². The van der Waals surface area contributed by atoms with Crippen molar-refractivity contribution >= 4 is 12.3 Å². The lowest BCUT2D eigenvalue weighted by Crippen LogP contribution is -2.14. The van der Waals surface area contributed by atoms with E-state index in [2.05, 4.69) is 24.2 Å². The maximum absolute atomic E-state index is 10.5. The zero-order valence-electron chi connectivity index (χ0n) is 11.9. The molecule has 4 heteroatoms. The summed E-state index contributed by atoms with van der Waals surface area (Å²) >= 11 is 0. The molecule has 0 fully saturated rings. The summed E-state index contributed by atoms with van der Waals surface area (Å²) in [6, 6.07) is 0.430. The first-order valence-corrected chi connectivity index (χ1v) is 7.34. The Hall–Kier alpha value is -1.32. The molecule has 0 aromatic rings. The molecular weight excluding hydrogens is 240 g/mol. The van der Waals surface area contributed by atoms with Crippen molar-refractivity contribution in [2.75, 3.05) is 6.61 Å². The quantitative estimate of drug-likeness (QED) is 0.565. The van der Waals surface area contributed by atoms with Gasteiger partial charge in [0.05, 0.1) is 12.6 Å². The Morgan fingerprint density at radius 3 is 3.11 bits per heavy atom. The predicted molar refractivity (Wildman–Crippen MR) is 78.5 cm³/mol. The summed E-state index contributed by atoms with van der Waals surface area (Å²) in [5, 5.41) is 0. The Morgan fingerprint density at radius 2 is 2.37 bits per heavy atom. The van der Waals surface area contributed by atoms with Crippen LogP contribution in [-0.4, -0.2) is 25.0 Å². The monoisotopic (exact) mass is 266 g/mol. The van der Waals surface area contributed by atoms with E-state index < -0.39 is 6.09 Å². The third-order valence-electron chi connectivity index (χ3n) is 3.40. The maximum atomic E-state index is 10.5. The number of aliphatic imine (C=N–C) groups is 1. The summed E-state index contributed by atoms with van der Waals surface area (Å²) in [6.45, 7) is 2.61. The van der Waals surface area contributed by atoms with Gasteiger partial charge in [-0.2, -0.15) is 0 Å². The first-order chi connectivity index (χ1) is 9.22. The fraction of sp³-hybridized carbons (Fsp3) is 0.733. The van der Waals surface area contributed by atoms with Gasteiger partial charge in [0.2, 0.25) is 0 Å². The van der Waals surface area contributed by atoms with Gasteiger partial charge in [-0.15, -0.1) is 0 Å². The average Bonchev–Trinajstić information content (AvgIpc) is 2.35. The molecule has 1 heterocycles. The van der Waals surface area contributed by atoms with E-state index in [0.29, 0.717) is 12.6 Å². The van der Waals surface area contributed by atoms with Gasteiger partial charge in [0.15, 0.2) is 0 Å². The van der Waals surface area contributed by atoms with Crippen LogP contribution in [0.1, 0.15) is 58.3 Å². The van der Waals surface area contributed by atoms with Gasteiger partial charge in [0.1, 0.15) is 0 Å². The molecule has 1 amide bonds. The molecule has 0 spiro atoms. The van der Waals surface area contributed by atoms with Crippen molar-refractivity contribution in [1.29, 1.82) is 0 Å². The van der Waals surface area contributed by atoms with Gasteiger partial charge >= 0.3 is 6.09 Å². The number of ether oxygens (including phenoxy) is 1. The second-order valence-electron chi connectivity index (χ2n) is 5.04. The van der Waals surface area contributed by atoms with Crippen LogP contribution in [-0.2, 0) is 4.74 Å². The van der Waals surface area contributed by atoms with Gasteiger partial charge in [0, 0.05) is 6.42 Å². The topological polar surface area (TPSA) is 64.7 Å². The lowest BCUT2D eigenvalue weighted by molar-refractivity contribution is 0.158. The summed E-state index contributed by atoms with van der Waals surface area (Å²) in [5.74, 6) is 0. The van der Waals surface area contributed by atoms with Gasteiger partial charge in [0.25, 0.3) is 0 Å². The lowest BCUT2D eigenvalue weighted by Gasteiger charge is -2.14. The van der Waals surface area contributed by atoms with Crippen molar-refractivity contribution in [3.8, 4) is 0 Å². The van der Waals surface area contributed by atoms with E-state index in [1.807, 2.05) is 0 Å². The molecule has 0 aromatic heterocycles. The molecule has 0 aliphatic carbocycles. The summed E-state index contributed by atoms with van der Waals surface area (Å²) in [5.41, 5.74) is 6.31. The molecule has 2 N–H and O–H groups in total. The van der Waals surface area contributed by atoms with Crippen LogP contribution in [0.15, 0.2) is 16.6 Å². The van der Waals surface area contributed by atoms with Crippen molar-refractivity contribution in [2.24, 2.45) is 10.7 Å². The van der Waals surface area contributed by atoms with Crippen LogP contribution in [0.3, 0.4) is 0 Å². The second kappa shape index (κ2) is 9.59. The highest BCUT2D eigenvalue weighted by atomic mass is 16.5. The van der Waals surface area contributed by atoms with Crippen LogP contribution in [0.5, 0.6) is 0 Å². The SMILES string of the molecule is CCCCCC1C/C=C(/CCOC(N)=O)CCC=N1. The molecule has 19 heavy (non-hydrogen) atoms. The third-order valence-corrected chi connectivity index (χ3v) is 3.40. The molecule has 1 rings (SSSR count). The molecule has 0 saturated heterocycles. The minimum Gasteiger partial charge on any atom is -0.449 e. The fourth-order valence-electron chi connectivity index (χ4n) is 2.27. The highest BCUT2D eigenvalue weighted by molar-refractivity contribution is 5.64. The Morgan fingerprint density at radius 1 is 1.53 bits per heavy atom. The number of carbonyl (C=O) groups is 1. The molecule has 0 saturated carbocycles. The predicted octanol–water partition coefficient (Wildman–Crippen LogP) is 3.60. The van der Waals surface area contributed by atoms with Crippen molar-refractivity contribution in [3.63, 3.8) is 0 Å². The number of rotatable bonds is 7. The summed E-state index contributed by atoms with van der Waals surface area (Å²) in [7, 11) is 0. The van der Waals surface area contributed by atoms with Crippen LogP contribution in [0, 0.1) is 0 Å². The smallest absolute Gasteiger partial charge is 0.404 e. The zero-order valence-corrected chi connectivity index (χ0v) is 11.9. The van der Waals surface area contributed by atoms with Crippen LogP contribution in [0.25, 0.3) is 0 Å². The van der Waals surface area contributed by atoms with Crippen molar-refractivity contribution in [3.05, 3.63) is 11.6 Å². The molecule has 0 aromatic carbocycles. The lowest BCUT2D eigenvalue weighted by atomic mass is 9.99. The molecule has 1 aliphatic heterocycles.